The highest BCUT2D eigenvalue weighted by molar-refractivity contribution is 4.51. The number of unbranched alkanes of at least 4 members (excludes halogenated alkanes) is 23. The topological polar surface area (TPSA) is 22.3 Å². The lowest BCUT2D eigenvalue weighted by Gasteiger charge is -2.04. The van der Waals surface area contributed by atoms with Gasteiger partial charge in [0.2, 0.25) is 0 Å². The van der Waals surface area contributed by atoms with E-state index in [9.17, 15) is 0 Å². The summed E-state index contributed by atoms with van der Waals surface area (Å²) in [4.78, 5) is 0. The standard InChI is InChI=1S/C26H53N/c1-2-3-4-5-6-7-8-9-10-11-12-13-14-15-16-17-18-19-20-21-22-23-24-25-26-27/h2-26H2,1H3. The van der Waals surface area contributed by atoms with E-state index in [1.54, 1.807) is 0 Å². The van der Waals surface area contributed by atoms with Crippen molar-refractivity contribution in [2.24, 2.45) is 0 Å². The fourth-order valence-corrected chi connectivity index (χ4v) is 4.07. The van der Waals surface area contributed by atoms with Crippen molar-refractivity contribution in [2.45, 2.75) is 161 Å². The average Bonchev–Trinajstić information content (AvgIpc) is 2.68. The fraction of sp³-hybridized carbons (Fsp3) is 1.00. The summed E-state index contributed by atoms with van der Waals surface area (Å²) in [7, 11) is 0. The Kier molecular flexibility index (Phi) is 25.9. The SMILES string of the molecule is CCCCCCCCCCCCCCCCCCCCCCCCCC[N]. The summed E-state index contributed by atoms with van der Waals surface area (Å²) in [5, 5.41) is 0. The summed E-state index contributed by atoms with van der Waals surface area (Å²) in [5.74, 6) is 0. The molecule has 0 spiro atoms. The smallest absolute Gasteiger partial charge is 0.0321 e. The average molecular weight is 380 g/mol. The fourth-order valence-electron chi connectivity index (χ4n) is 4.07. The summed E-state index contributed by atoms with van der Waals surface area (Å²) in [5.41, 5.74) is 8.74. The molecule has 1 nitrogen and oxygen atoms in total. The van der Waals surface area contributed by atoms with Gasteiger partial charge >= 0.3 is 0 Å². The van der Waals surface area contributed by atoms with Crippen molar-refractivity contribution in [1.29, 1.82) is 0 Å². The normalized spacial score (nSPS) is 11.3. The summed E-state index contributed by atoms with van der Waals surface area (Å²) in [6.45, 7) is 2.67. The molecule has 1 heteroatoms. The van der Waals surface area contributed by atoms with Gasteiger partial charge in [0.05, 0.1) is 0 Å². The van der Waals surface area contributed by atoms with Gasteiger partial charge < -0.3 is 0 Å². The molecule has 0 unspecified atom stereocenters. The minimum atomic E-state index is 0.374. The third-order valence-electron chi connectivity index (χ3n) is 6.01. The highest BCUT2D eigenvalue weighted by Crippen LogP contribution is 2.15. The van der Waals surface area contributed by atoms with Crippen LogP contribution in [0, 0.1) is 0 Å². The van der Waals surface area contributed by atoms with Crippen LogP contribution in [0.2, 0.25) is 0 Å². The van der Waals surface area contributed by atoms with Crippen molar-refractivity contribution in [3.05, 3.63) is 0 Å². The highest BCUT2D eigenvalue weighted by atomic mass is 14.5. The largest absolute Gasteiger partial charge is 0.145 e. The van der Waals surface area contributed by atoms with Gasteiger partial charge in [-0.2, -0.15) is 0 Å². The lowest BCUT2D eigenvalue weighted by atomic mass is 10.0. The molecule has 0 rings (SSSR count). The van der Waals surface area contributed by atoms with E-state index in [4.69, 9.17) is 5.73 Å². The minimum absolute atomic E-state index is 0.374. The molecule has 0 N–H and O–H groups in total. The van der Waals surface area contributed by atoms with Crippen LogP contribution in [-0.4, -0.2) is 6.54 Å². The zero-order valence-electron chi connectivity index (χ0n) is 19.1. The second kappa shape index (κ2) is 26.0. The van der Waals surface area contributed by atoms with E-state index in [-0.39, 0.29) is 0 Å². The van der Waals surface area contributed by atoms with Gasteiger partial charge in [0.25, 0.3) is 0 Å². The lowest BCUT2D eigenvalue weighted by molar-refractivity contribution is 0.517. The van der Waals surface area contributed by atoms with Crippen LogP contribution in [0.5, 0.6) is 0 Å². The molecular formula is C26H53N. The molecule has 0 bridgehead atoms. The van der Waals surface area contributed by atoms with Crippen LogP contribution in [0.4, 0.5) is 0 Å². The zero-order chi connectivity index (χ0) is 19.7. The number of hydrogen-bond acceptors (Lipinski definition) is 0. The van der Waals surface area contributed by atoms with Crippen LogP contribution in [0.15, 0.2) is 0 Å². The number of rotatable bonds is 24. The van der Waals surface area contributed by atoms with Crippen LogP contribution in [-0.2, 0) is 0 Å². The molecule has 0 aromatic heterocycles. The molecule has 0 aliphatic rings. The Morgan fingerprint density at radius 1 is 0.296 bits per heavy atom. The van der Waals surface area contributed by atoms with Gasteiger partial charge in [0, 0.05) is 6.54 Å². The summed E-state index contributed by atoms with van der Waals surface area (Å²) in [6, 6.07) is 0. The van der Waals surface area contributed by atoms with E-state index >= 15 is 0 Å². The third kappa shape index (κ3) is 26.0. The maximum atomic E-state index is 8.74. The number of hydrogen-bond donors (Lipinski definition) is 0. The predicted octanol–water partition coefficient (Wildman–Crippen LogP) is 9.44. The van der Waals surface area contributed by atoms with Crippen molar-refractivity contribution in [1.82, 2.24) is 5.73 Å². The van der Waals surface area contributed by atoms with Crippen LogP contribution >= 0.6 is 0 Å². The minimum Gasteiger partial charge on any atom is -0.145 e. The Hall–Kier alpha value is -0.0400. The number of nitrogens with zero attached hydrogens (tertiary/aromatic N) is 1. The first-order chi connectivity index (χ1) is 13.4. The Balaban J connectivity index is 2.95. The monoisotopic (exact) mass is 379 g/mol. The van der Waals surface area contributed by atoms with Crippen molar-refractivity contribution >= 4 is 0 Å². The van der Waals surface area contributed by atoms with Crippen LogP contribution in [0.1, 0.15) is 161 Å². The Morgan fingerprint density at radius 2 is 0.481 bits per heavy atom. The molecular weight excluding hydrogens is 326 g/mol. The zero-order valence-corrected chi connectivity index (χ0v) is 19.1. The van der Waals surface area contributed by atoms with Crippen molar-refractivity contribution < 1.29 is 0 Å². The highest BCUT2D eigenvalue weighted by Gasteiger charge is 1.95. The van der Waals surface area contributed by atoms with Gasteiger partial charge in [0.1, 0.15) is 0 Å². The second-order valence-corrected chi connectivity index (χ2v) is 8.86. The first-order valence-corrected chi connectivity index (χ1v) is 13.0. The molecule has 0 saturated carbocycles. The van der Waals surface area contributed by atoms with E-state index in [1.807, 2.05) is 0 Å². The van der Waals surface area contributed by atoms with Gasteiger partial charge in [-0.1, -0.05) is 155 Å². The molecule has 0 heterocycles. The van der Waals surface area contributed by atoms with Gasteiger partial charge in [-0.05, 0) is 6.42 Å². The molecule has 0 atom stereocenters. The molecule has 162 valence electrons. The Morgan fingerprint density at radius 3 is 0.667 bits per heavy atom. The summed E-state index contributed by atoms with van der Waals surface area (Å²) in [6.07, 6.45) is 34.1. The Bertz CT molecular complexity index is 214. The molecule has 0 aromatic rings. The van der Waals surface area contributed by atoms with Crippen LogP contribution in [0.25, 0.3) is 0 Å². The summed E-state index contributed by atoms with van der Waals surface area (Å²) >= 11 is 0. The van der Waals surface area contributed by atoms with Gasteiger partial charge in [-0.15, -0.1) is 5.73 Å². The van der Waals surface area contributed by atoms with E-state index < -0.39 is 0 Å². The van der Waals surface area contributed by atoms with E-state index in [0.717, 1.165) is 6.42 Å². The first-order valence-electron chi connectivity index (χ1n) is 13.0. The van der Waals surface area contributed by atoms with Crippen LogP contribution in [0.3, 0.4) is 0 Å². The molecule has 27 heavy (non-hydrogen) atoms. The van der Waals surface area contributed by atoms with Crippen molar-refractivity contribution in [3.8, 4) is 0 Å². The second-order valence-electron chi connectivity index (χ2n) is 8.86. The molecule has 0 aliphatic heterocycles. The summed E-state index contributed by atoms with van der Waals surface area (Å²) < 4.78 is 0. The van der Waals surface area contributed by atoms with E-state index in [1.165, 1.54) is 148 Å². The quantitative estimate of drug-likeness (QED) is 0.149. The van der Waals surface area contributed by atoms with Crippen molar-refractivity contribution in [3.63, 3.8) is 0 Å². The van der Waals surface area contributed by atoms with Gasteiger partial charge in [-0.25, -0.2) is 0 Å². The maximum Gasteiger partial charge on any atom is 0.0321 e. The van der Waals surface area contributed by atoms with E-state index in [2.05, 4.69) is 6.92 Å². The molecule has 0 fully saturated rings. The molecule has 0 aromatic carbocycles. The van der Waals surface area contributed by atoms with Crippen molar-refractivity contribution in [2.75, 3.05) is 6.54 Å². The van der Waals surface area contributed by atoms with Crippen LogP contribution < -0.4 is 5.73 Å². The molecule has 0 saturated heterocycles. The lowest BCUT2D eigenvalue weighted by Crippen LogP contribution is -1.86. The Labute approximate surface area is 173 Å². The maximum absolute atomic E-state index is 8.74. The van der Waals surface area contributed by atoms with E-state index in [0.29, 0.717) is 6.54 Å². The molecule has 0 amide bonds. The van der Waals surface area contributed by atoms with Gasteiger partial charge in [-0.3, -0.25) is 0 Å². The predicted molar refractivity (Wildman–Crippen MR) is 123 cm³/mol. The molecule has 0 aliphatic carbocycles. The third-order valence-corrected chi connectivity index (χ3v) is 6.01. The van der Waals surface area contributed by atoms with Gasteiger partial charge in [0.15, 0.2) is 0 Å². The molecule has 2 radical (unpaired) electrons. The first kappa shape index (κ1) is 27.0.